The predicted octanol–water partition coefficient (Wildman–Crippen LogP) is 3.51. The summed E-state index contributed by atoms with van der Waals surface area (Å²) >= 11 is 6.80. The van der Waals surface area contributed by atoms with E-state index in [0.717, 1.165) is 23.3 Å². The number of hydrogen-bond acceptors (Lipinski definition) is 8. The van der Waals surface area contributed by atoms with Crippen LogP contribution in [0.15, 0.2) is 61.6 Å². The lowest BCUT2D eigenvalue weighted by Crippen LogP contribution is -2.48. The van der Waals surface area contributed by atoms with E-state index in [4.69, 9.17) is 17.3 Å². The highest BCUT2D eigenvalue weighted by Gasteiger charge is 2.40. The molecule has 14 heteroatoms. The first-order valence-electron chi connectivity index (χ1n) is 12.4. The molecule has 1 aliphatic heterocycles. The Morgan fingerprint density at radius 3 is 2.20 bits per heavy atom. The topological polar surface area (TPSA) is 106 Å². The van der Waals surface area contributed by atoms with Gasteiger partial charge in [0, 0.05) is 74.7 Å². The molecule has 6 rings (SSSR count). The molecule has 5 aromatic rings. The van der Waals surface area contributed by atoms with Gasteiger partial charge in [-0.05, 0) is 17.7 Å². The summed E-state index contributed by atoms with van der Waals surface area (Å²) in [5, 5.41) is 9.10. The van der Waals surface area contributed by atoms with Crippen LogP contribution in [0.3, 0.4) is 0 Å². The molecule has 40 heavy (non-hydrogen) atoms. The summed E-state index contributed by atoms with van der Waals surface area (Å²) in [6.45, 7) is 2.30. The Balaban J connectivity index is 1.21. The number of alkyl halides is 2. The third-order valence-corrected chi connectivity index (χ3v) is 7.54. The maximum Gasteiger partial charge on any atom is 0.264 e. The number of nitrogens with zero attached hydrogens (tertiary/aromatic N) is 9. The standard InChI is InChI=1S/C26H24ClF3N10/c1-37-13-16(10-35-37)20-14-40-22(21(20)27)23(34-15-36-40)38-6-8-39(9-7-38)25-32-11-18(12-33-25)26(31,24(29)30)17-2-4-19(28)5-3-17/h2-5,10-15,24H,6-9,31H2,1H3/t26-/m0/s1. The van der Waals surface area contributed by atoms with Crippen molar-refractivity contribution in [2.45, 2.75) is 12.0 Å². The van der Waals surface area contributed by atoms with E-state index in [2.05, 4.69) is 30.0 Å². The van der Waals surface area contributed by atoms with Gasteiger partial charge >= 0.3 is 0 Å². The van der Waals surface area contributed by atoms with Gasteiger partial charge in [-0.25, -0.2) is 32.6 Å². The lowest BCUT2D eigenvalue weighted by atomic mass is 9.85. The number of piperazine rings is 1. The molecule has 1 fully saturated rings. The van der Waals surface area contributed by atoms with Crippen molar-refractivity contribution in [1.82, 2.24) is 34.3 Å². The van der Waals surface area contributed by atoms with Gasteiger partial charge in [0.15, 0.2) is 5.82 Å². The second kappa shape index (κ2) is 10.1. The number of anilines is 2. The fourth-order valence-corrected chi connectivity index (χ4v) is 5.24. The monoisotopic (exact) mass is 568 g/mol. The van der Waals surface area contributed by atoms with Gasteiger partial charge in [0.1, 0.15) is 23.2 Å². The van der Waals surface area contributed by atoms with Crippen LogP contribution in [0, 0.1) is 5.82 Å². The van der Waals surface area contributed by atoms with Crippen LogP contribution in [-0.2, 0) is 12.6 Å². The minimum Gasteiger partial charge on any atom is -0.351 e. The first-order valence-corrected chi connectivity index (χ1v) is 12.8. The number of rotatable bonds is 6. The minimum atomic E-state index is -2.96. The molecule has 0 bridgehead atoms. The second-order valence-electron chi connectivity index (χ2n) is 9.56. The zero-order valence-corrected chi connectivity index (χ0v) is 22.0. The Hall–Kier alpha value is -4.23. The zero-order chi connectivity index (χ0) is 28.0. The van der Waals surface area contributed by atoms with Crippen LogP contribution in [0.1, 0.15) is 11.1 Å². The van der Waals surface area contributed by atoms with E-state index in [1.165, 1.54) is 30.9 Å². The predicted molar refractivity (Wildman–Crippen MR) is 144 cm³/mol. The molecule has 0 saturated carbocycles. The lowest BCUT2D eigenvalue weighted by molar-refractivity contribution is 0.0738. The molecule has 0 amide bonds. The fourth-order valence-electron chi connectivity index (χ4n) is 4.91. The largest absolute Gasteiger partial charge is 0.351 e. The fraction of sp³-hybridized carbons (Fsp3) is 0.269. The lowest BCUT2D eigenvalue weighted by Gasteiger charge is -2.36. The van der Waals surface area contributed by atoms with E-state index in [1.54, 1.807) is 15.4 Å². The van der Waals surface area contributed by atoms with E-state index in [9.17, 15) is 13.2 Å². The molecular weight excluding hydrogens is 545 g/mol. The molecule has 10 nitrogen and oxygen atoms in total. The number of benzene rings is 1. The van der Waals surface area contributed by atoms with Crippen LogP contribution in [0.4, 0.5) is 24.9 Å². The molecule has 1 saturated heterocycles. The van der Waals surface area contributed by atoms with Crippen molar-refractivity contribution >= 4 is 28.9 Å². The Labute approximate surface area is 231 Å². The second-order valence-corrected chi connectivity index (χ2v) is 9.94. The van der Waals surface area contributed by atoms with Crippen molar-refractivity contribution in [2.75, 3.05) is 36.0 Å². The van der Waals surface area contributed by atoms with Crippen LogP contribution in [-0.4, -0.2) is 67.0 Å². The van der Waals surface area contributed by atoms with E-state index in [-0.39, 0.29) is 11.1 Å². The summed E-state index contributed by atoms with van der Waals surface area (Å²) in [6, 6.07) is 4.69. The molecule has 1 atom stereocenters. The van der Waals surface area contributed by atoms with E-state index in [0.29, 0.717) is 48.5 Å². The summed E-state index contributed by atoms with van der Waals surface area (Å²) in [6.07, 6.45) is 6.62. The van der Waals surface area contributed by atoms with E-state index in [1.807, 2.05) is 24.3 Å². The van der Waals surface area contributed by atoms with Gasteiger partial charge in [0.25, 0.3) is 6.43 Å². The number of hydrogen-bond donors (Lipinski definition) is 1. The SMILES string of the molecule is Cn1cc(-c2cn3ncnc(N4CCN(c5ncc([C@@](N)(c6ccc(F)cc6)C(F)F)cn5)CC4)c3c2Cl)cn1. The van der Waals surface area contributed by atoms with Crippen molar-refractivity contribution in [3.63, 3.8) is 0 Å². The molecule has 0 radical (unpaired) electrons. The molecule has 206 valence electrons. The maximum absolute atomic E-state index is 14.1. The minimum absolute atomic E-state index is 0.0344. The van der Waals surface area contributed by atoms with Gasteiger partial charge in [-0.15, -0.1) is 0 Å². The molecule has 0 aliphatic carbocycles. The van der Waals surface area contributed by atoms with Gasteiger partial charge < -0.3 is 15.5 Å². The number of halogens is 4. The molecule has 1 aromatic carbocycles. The number of fused-ring (bicyclic) bond motifs is 1. The Kier molecular flexibility index (Phi) is 6.55. The van der Waals surface area contributed by atoms with Crippen LogP contribution in [0.2, 0.25) is 5.02 Å². The van der Waals surface area contributed by atoms with Gasteiger partial charge in [-0.3, -0.25) is 4.68 Å². The highest BCUT2D eigenvalue weighted by molar-refractivity contribution is 6.37. The Bertz CT molecular complexity index is 1650. The molecule has 4 aromatic heterocycles. The smallest absolute Gasteiger partial charge is 0.264 e. The first kappa shape index (κ1) is 26.0. The van der Waals surface area contributed by atoms with Crippen molar-refractivity contribution in [3.05, 3.63) is 83.5 Å². The highest BCUT2D eigenvalue weighted by Crippen LogP contribution is 2.37. The summed E-state index contributed by atoms with van der Waals surface area (Å²) in [5.41, 5.74) is 6.46. The van der Waals surface area contributed by atoms with Crippen molar-refractivity contribution < 1.29 is 13.2 Å². The van der Waals surface area contributed by atoms with Crippen LogP contribution in [0.25, 0.3) is 16.6 Å². The van der Waals surface area contributed by atoms with E-state index < -0.39 is 17.8 Å². The van der Waals surface area contributed by atoms with Crippen molar-refractivity contribution in [1.29, 1.82) is 0 Å². The third-order valence-electron chi connectivity index (χ3n) is 7.15. The van der Waals surface area contributed by atoms with Gasteiger partial charge in [-0.1, -0.05) is 23.7 Å². The zero-order valence-electron chi connectivity index (χ0n) is 21.3. The molecule has 0 unspecified atom stereocenters. The maximum atomic E-state index is 14.1. The molecular formula is C26H24ClF3N10. The summed E-state index contributed by atoms with van der Waals surface area (Å²) in [7, 11) is 1.84. The summed E-state index contributed by atoms with van der Waals surface area (Å²) < 4.78 is 45.1. The van der Waals surface area contributed by atoms with Crippen molar-refractivity contribution in [3.8, 4) is 11.1 Å². The molecule has 5 heterocycles. The van der Waals surface area contributed by atoms with Gasteiger partial charge in [0.05, 0.1) is 11.2 Å². The summed E-state index contributed by atoms with van der Waals surface area (Å²) in [5.74, 6) is 0.559. The highest BCUT2D eigenvalue weighted by atomic mass is 35.5. The quantitative estimate of drug-likeness (QED) is 0.332. The van der Waals surface area contributed by atoms with Crippen LogP contribution in [0.5, 0.6) is 0 Å². The molecule has 1 aliphatic rings. The molecule has 2 N–H and O–H groups in total. The average Bonchev–Trinajstić information content (AvgIpc) is 3.55. The first-order chi connectivity index (χ1) is 19.3. The van der Waals surface area contributed by atoms with Crippen molar-refractivity contribution in [2.24, 2.45) is 12.8 Å². The normalized spacial score (nSPS) is 15.7. The van der Waals surface area contributed by atoms with E-state index >= 15 is 0 Å². The summed E-state index contributed by atoms with van der Waals surface area (Å²) in [4.78, 5) is 17.3. The molecule has 0 spiro atoms. The average molecular weight is 569 g/mol. The number of aryl methyl sites for hydroxylation is 1. The Morgan fingerprint density at radius 2 is 1.57 bits per heavy atom. The number of nitrogens with two attached hydrogens (primary N) is 1. The van der Waals surface area contributed by atoms with Crippen LogP contribution < -0.4 is 15.5 Å². The third kappa shape index (κ3) is 4.40. The van der Waals surface area contributed by atoms with Gasteiger partial charge in [-0.2, -0.15) is 10.2 Å². The number of aromatic nitrogens is 7. The Morgan fingerprint density at radius 1 is 0.900 bits per heavy atom. The van der Waals surface area contributed by atoms with Gasteiger partial charge in [0.2, 0.25) is 5.95 Å². The van der Waals surface area contributed by atoms with Crippen LogP contribution >= 0.6 is 11.6 Å².